The van der Waals surface area contributed by atoms with E-state index in [1.807, 2.05) is 12.1 Å². The van der Waals surface area contributed by atoms with E-state index >= 15 is 0 Å². The molecule has 0 heterocycles. The fourth-order valence-electron chi connectivity index (χ4n) is 2.28. The second-order valence-corrected chi connectivity index (χ2v) is 5.72. The maximum Gasteiger partial charge on any atom is 0.0589 e. The lowest BCUT2D eigenvalue weighted by molar-refractivity contribution is 1.20. The fourth-order valence-corrected chi connectivity index (χ4v) is 3.12. The van der Waals surface area contributed by atoms with Crippen molar-refractivity contribution in [3.8, 4) is 0 Å². The monoisotopic (exact) mass is 330 g/mol. The lowest BCUT2D eigenvalue weighted by Gasteiger charge is -2.10. The van der Waals surface area contributed by atoms with Crippen LogP contribution in [0.2, 0.25) is 5.02 Å². The summed E-state index contributed by atoms with van der Waals surface area (Å²) in [7, 11) is 0. The van der Waals surface area contributed by atoms with Crippen LogP contribution in [0.25, 0.3) is 10.8 Å². The Balaban J connectivity index is 2.11. The van der Waals surface area contributed by atoms with Crippen molar-refractivity contribution in [2.75, 3.05) is 0 Å². The van der Waals surface area contributed by atoms with Crippen LogP contribution in [0, 0.1) is 0 Å². The maximum atomic E-state index is 6.48. The maximum absolute atomic E-state index is 6.48. The third-order valence-corrected chi connectivity index (χ3v) is 4.72. The molecule has 19 heavy (non-hydrogen) atoms. The molecule has 0 nitrogen and oxygen atoms in total. The summed E-state index contributed by atoms with van der Waals surface area (Å²) in [5, 5.41) is 3.18. The van der Waals surface area contributed by atoms with Gasteiger partial charge in [-0.3, -0.25) is 0 Å². The summed E-state index contributed by atoms with van der Waals surface area (Å²) in [5.41, 5.74) is 2.42. The zero-order chi connectivity index (χ0) is 13.2. The van der Waals surface area contributed by atoms with Gasteiger partial charge in [-0.1, -0.05) is 66.2 Å². The van der Waals surface area contributed by atoms with E-state index in [9.17, 15) is 0 Å². The van der Waals surface area contributed by atoms with Crippen LogP contribution < -0.4 is 0 Å². The molecule has 0 bridgehead atoms. The third kappa shape index (κ3) is 2.54. The first-order chi connectivity index (χ1) is 9.25. The van der Waals surface area contributed by atoms with Gasteiger partial charge in [-0.15, -0.1) is 0 Å². The van der Waals surface area contributed by atoms with Gasteiger partial charge in [-0.25, -0.2) is 0 Å². The van der Waals surface area contributed by atoms with Gasteiger partial charge in [0.1, 0.15) is 0 Å². The van der Waals surface area contributed by atoms with Gasteiger partial charge >= 0.3 is 0 Å². The van der Waals surface area contributed by atoms with E-state index < -0.39 is 0 Å². The molecule has 0 saturated heterocycles. The highest BCUT2D eigenvalue weighted by Gasteiger charge is 2.09. The lowest BCUT2D eigenvalue weighted by Crippen LogP contribution is -1.91. The largest absolute Gasteiger partial charge is 0.0828 e. The topological polar surface area (TPSA) is 0 Å². The predicted molar refractivity (Wildman–Crippen MR) is 85.9 cm³/mol. The molecule has 0 aliphatic heterocycles. The van der Waals surface area contributed by atoms with Crippen LogP contribution in [0.1, 0.15) is 11.1 Å². The molecular formula is C17H12BrCl. The summed E-state index contributed by atoms with van der Waals surface area (Å²) in [6.45, 7) is 0. The van der Waals surface area contributed by atoms with E-state index in [0.29, 0.717) is 0 Å². The molecule has 2 heteroatoms. The summed E-state index contributed by atoms with van der Waals surface area (Å²) < 4.78 is 0.984. The molecule has 0 spiro atoms. The smallest absolute Gasteiger partial charge is 0.0589 e. The van der Waals surface area contributed by atoms with Gasteiger partial charge in [0.25, 0.3) is 0 Å². The van der Waals surface area contributed by atoms with E-state index in [-0.39, 0.29) is 0 Å². The Bertz CT molecular complexity index is 720. The van der Waals surface area contributed by atoms with Gasteiger partial charge in [0, 0.05) is 4.47 Å². The molecule has 3 aromatic rings. The van der Waals surface area contributed by atoms with E-state index in [2.05, 4.69) is 64.5 Å². The molecule has 0 aliphatic carbocycles. The quantitative estimate of drug-likeness (QED) is 0.553. The lowest BCUT2D eigenvalue weighted by atomic mass is 10.0. The molecule has 0 unspecified atom stereocenters. The number of benzene rings is 3. The molecule has 0 N–H and O–H groups in total. The number of rotatable bonds is 2. The van der Waals surface area contributed by atoms with Crippen molar-refractivity contribution in [1.82, 2.24) is 0 Å². The molecule has 0 radical (unpaired) electrons. The van der Waals surface area contributed by atoms with E-state index in [0.717, 1.165) is 26.9 Å². The Hall–Kier alpha value is -1.31. The van der Waals surface area contributed by atoms with Gasteiger partial charge in [0.15, 0.2) is 0 Å². The average molecular weight is 332 g/mol. The van der Waals surface area contributed by atoms with Crippen molar-refractivity contribution < 1.29 is 0 Å². The van der Waals surface area contributed by atoms with Crippen molar-refractivity contribution in [2.24, 2.45) is 0 Å². The van der Waals surface area contributed by atoms with E-state index in [1.54, 1.807) is 0 Å². The molecule has 0 atom stereocenters. The molecule has 94 valence electrons. The Morgan fingerprint density at radius 3 is 2.37 bits per heavy atom. The summed E-state index contributed by atoms with van der Waals surface area (Å²) in [5.74, 6) is 0. The van der Waals surface area contributed by atoms with Crippen LogP contribution in [0.15, 0.2) is 65.1 Å². The predicted octanol–water partition coefficient (Wildman–Crippen LogP) is 5.85. The molecule has 0 saturated carbocycles. The number of halogens is 2. The first kappa shape index (κ1) is 12.7. The first-order valence-corrected chi connectivity index (χ1v) is 7.32. The van der Waals surface area contributed by atoms with Crippen molar-refractivity contribution in [3.05, 3.63) is 81.3 Å². The molecule has 0 aromatic heterocycles. The van der Waals surface area contributed by atoms with Crippen LogP contribution in [-0.2, 0) is 6.42 Å². The van der Waals surface area contributed by atoms with Crippen LogP contribution in [0.3, 0.4) is 0 Å². The Morgan fingerprint density at radius 2 is 1.58 bits per heavy atom. The highest BCUT2D eigenvalue weighted by atomic mass is 79.9. The third-order valence-electron chi connectivity index (χ3n) is 3.24. The SMILES string of the molecule is Clc1c(Cc2ccccc2)cc2ccccc2c1Br. The summed E-state index contributed by atoms with van der Waals surface area (Å²) in [6.07, 6.45) is 0.850. The zero-order valence-electron chi connectivity index (χ0n) is 10.2. The van der Waals surface area contributed by atoms with Gasteiger partial charge in [0.05, 0.1) is 5.02 Å². The van der Waals surface area contributed by atoms with Crippen molar-refractivity contribution in [2.45, 2.75) is 6.42 Å². The second-order valence-electron chi connectivity index (χ2n) is 4.55. The van der Waals surface area contributed by atoms with E-state index in [4.69, 9.17) is 11.6 Å². The fraction of sp³-hybridized carbons (Fsp3) is 0.0588. The average Bonchev–Trinajstić information content (AvgIpc) is 2.46. The van der Waals surface area contributed by atoms with Crippen LogP contribution in [-0.4, -0.2) is 0 Å². The first-order valence-electron chi connectivity index (χ1n) is 6.15. The van der Waals surface area contributed by atoms with Gasteiger partial charge < -0.3 is 0 Å². The van der Waals surface area contributed by atoms with Gasteiger partial charge in [-0.2, -0.15) is 0 Å². The summed E-state index contributed by atoms with van der Waals surface area (Å²) in [4.78, 5) is 0. The molecule has 0 amide bonds. The minimum absolute atomic E-state index is 0.808. The van der Waals surface area contributed by atoms with Crippen LogP contribution >= 0.6 is 27.5 Å². The summed E-state index contributed by atoms with van der Waals surface area (Å²) in [6, 6.07) is 20.8. The Morgan fingerprint density at radius 1 is 0.895 bits per heavy atom. The number of hydrogen-bond acceptors (Lipinski definition) is 0. The standard InChI is InChI=1S/C17H12BrCl/c18-16-15-9-5-4-8-13(15)11-14(17(16)19)10-12-6-2-1-3-7-12/h1-9,11H,10H2. The second kappa shape index (κ2) is 5.36. The van der Waals surface area contributed by atoms with Crippen LogP contribution in [0.5, 0.6) is 0 Å². The van der Waals surface area contributed by atoms with E-state index in [1.165, 1.54) is 10.9 Å². The number of hydrogen-bond donors (Lipinski definition) is 0. The minimum atomic E-state index is 0.808. The minimum Gasteiger partial charge on any atom is -0.0828 e. The molecule has 0 aliphatic rings. The molecule has 0 fully saturated rings. The Labute approximate surface area is 126 Å². The van der Waals surface area contributed by atoms with Crippen molar-refractivity contribution in [1.29, 1.82) is 0 Å². The highest BCUT2D eigenvalue weighted by molar-refractivity contribution is 9.10. The zero-order valence-corrected chi connectivity index (χ0v) is 12.6. The van der Waals surface area contributed by atoms with Crippen molar-refractivity contribution >= 4 is 38.3 Å². The summed E-state index contributed by atoms with van der Waals surface area (Å²) >= 11 is 10.1. The Kier molecular flexibility index (Phi) is 3.58. The molecular weight excluding hydrogens is 320 g/mol. The molecule has 3 rings (SSSR count). The van der Waals surface area contributed by atoms with Gasteiger partial charge in [0.2, 0.25) is 0 Å². The highest BCUT2D eigenvalue weighted by Crippen LogP contribution is 2.35. The normalized spacial score (nSPS) is 10.8. The number of fused-ring (bicyclic) bond motifs is 1. The van der Waals surface area contributed by atoms with Crippen molar-refractivity contribution in [3.63, 3.8) is 0 Å². The molecule has 3 aromatic carbocycles. The van der Waals surface area contributed by atoms with Gasteiger partial charge in [-0.05, 0) is 50.3 Å². The van der Waals surface area contributed by atoms with Crippen LogP contribution in [0.4, 0.5) is 0 Å².